The van der Waals surface area contributed by atoms with Crippen molar-refractivity contribution in [3.8, 4) is 0 Å². The minimum atomic E-state index is -3.85. The van der Waals surface area contributed by atoms with E-state index in [9.17, 15) is 13.2 Å². The van der Waals surface area contributed by atoms with Crippen molar-refractivity contribution in [3.05, 3.63) is 101 Å². The molecule has 1 aromatic heterocycles. The summed E-state index contributed by atoms with van der Waals surface area (Å²) in [5.74, 6) is -0.626. The van der Waals surface area contributed by atoms with Crippen LogP contribution in [0.25, 0.3) is 11.1 Å². The Labute approximate surface area is 155 Å². The standard InChI is InChI=1S/C20H16N2O4S/c23-20-21-17-13-16(11-12-18(17)26-20)27(24,25)22-19(14-7-3-1-4-8-14)15-9-5-2-6-10-15/h1-13,19,22H,(H,21,23). The lowest BCUT2D eigenvalue weighted by Crippen LogP contribution is -2.29. The van der Waals surface area contributed by atoms with Crippen molar-refractivity contribution in [1.82, 2.24) is 9.71 Å². The van der Waals surface area contributed by atoms with E-state index >= 15 is 0 Å². The molecule has 4 rings (SSSR count). The molecule has 0 fully saturated rings. The summed E-state index contributed by atoms with van der Waals surface area (Å²) in [5, 5.41) is 0. The summed E-state index contributed by atoms with van der Waals surface area (Å²) in [6, 6.07) is 22.4. The third-order valence-corrected chi connectivity index (χ3v) is 5.66. The number of benzene rings is 3. The Morgan fingerprint density at radius 1 is 0.852 bits per heavy atom. The van der Waals surface area contributed by atoms with Crippen LogP contribution in [0.1, 0.15) is 17.2 Å². The molecule has 2 N–H and O–H groups in total. The highest BCUT2D eigenvalue weighted by Gasteiger charge is 2.23. The second kappa shape index (κ2) is 6.86. The molecule has 27 heavy (non-hydrogen) atoms. The summed E-state index contributed by atoms with van der Waals surface area (Å²) >= 11 is 0. The SMILES string of the molecule is O=c1[nH]c2cc(S(=O)(=O)NC(c3ccccc3)c3ccccc3)ccc2o1. The lowest BCUT2D eigenvalue weighted by atomic mass is 10.00. The van der Waals surface area contributed by atoms with E-state index in [0.717, 1.165) is 11.1 Å². The number of fused-ring (bicyclic) bond motifs is 1. The maximum absolute atomic E-state index is 13.0. The summed E-state index contributed by atoms with van der Waals surface area (Å²) in [7, 11) is -3.85. The Bertz CT molecular complexity index is 1190. The fraction of sp³-hybridized carbons (Fsp3) is 0.0500. The molecular formula is C20H16N2O4S. The van der Waals surface area contributed by atoms with E-state index in [4.69, 9.17) is 4.42 Å². The molecule has 3 aromatic carbocycles. The summed E-state index contributed by atoms with van der Waals surface area (Å²) in [5.41, 5.74) is 2.29. The monoisotopic (exact) mass is 380 g/mol. The molecule has 0 saturated carbocycles. The van der Waals surface area contributed by atoms with Gasteiger partial charge < -0.3 is 4.42 Å². The first-order valence-corrected chi connectivity index (χ1v) is 9.76. The maximum atomic E-state index is 13.0. The van der Waals surface area contributed by atoms with Gasteiger partial charge >= 0.3 is 5.76 Å². The van der Waals surface area contributed by atoms with Gasteiger partial charge in [-0.2, -0.15) is 4.72 Å². The van der Waals surface area contributed by atoms with Gasteiger partial charge in [-0.25, -0.2) is 13.2 Å². The predicted molar refractivity (Wildman–Crippen MR) is 102 cm³/mol. The minimum Gasteiger partial charge on any atom is -0.408 e. The van der Waals surface area contributed by atoms with Crippen LogP contribution in [0.2, 0.25) is 0 Å². The van der Waals surface area contributed by atoms with Crippen molar-refractivity contribution < 1.29 is 12.8 Å². The molecule has 0 saturated heterocycles. The summed E-state index contributed by atoms with van der Waals surface area (Å²) in [4.78, 5) is 13.8. The van der Waals surface area contributed by atoms with E-state index in [0.29, 0.717) is 11.1 Å². The van der Waals surface area contributed by atoms with E-state index in [1.807, 2.05) is 60.7 Å². The molecule has 0 aliphatic heterocycles. The van der Waals surface area contributed by atoms with Gasteiger partial charge in [0.2, 0.25) is 10.0 Å². The van der Waals surface area contributed by atoms with Crippen LogP contribution in [0.15, 0.2) is 93.0 Å². The highest BCUT2D eigenvalue weighted by atomic mass is 32.2. The number of rotatable bonds is 5. The Morgan fingerprint density at radius 2 is 1.44 bits per heavy atom. The molecule has 7 heteroatoms. The average Bonchev–Trinajstić information content (AvgIpc) is 3.07. The maximum Gasteiger partial charge on any atom is 0.417 e. The summed E-state index contributed by atoms with van der Waals surface area (Å²) < 4.78 is 33.7. The van der Waals surface area contributed by atoms with Crippen molar-refractivity contribution in [3.63, 3.8) is 0 Å². The van der Waals surface area contributed by atoms with Gasteiger partial charge in [0.05, 0.1) is 16.5 Å². The molecule has 0 spiro atoms. The van der Waals surface area contributed by atoms with Gasteiger partial charge in [-0.3, -0.25) is 4.98 Å². The zero-order chi connectivity index (χ0) is 18.9. The average molecular weight is 380 g/mol. The van der Waals surface area contributed by atoms with Gasteiger partial charge in [-0.1, -0.05) is 60.7 Å². The molecule has 6 nitrogen and oxygen atoms in total. The molecule has 0 unspecified atom stereocenters. The van der Waals surface area contributed by atoms with Crippen LogP contribution in [-0.4, -0.2) is 13.4 Å². The van der Waals surface area contributed by atoms with Gasteiger partial charge in [0.1, 0.15) is 0 Å². The van der Waals surface area contributed by atoms with Crippen LogP contribution in [0.5, 0.6) is 0 Å². The van der Waals surface area contributed by atoms with Crippen LogP contribution >= 0.6 is 0 Å². The Morgan fingerprint density at radius 3 is 2.04 bits per heavy atom. The van der Waals surface area contributed by atoms with Crippen LogP contribution in [0.3, 0.4) is 0 Å². The molecule has 0 amide bonds. The Kier molecular flexibility index (Phi) is 4.39. The van der Waals surface area contributed by atoms with Gasteiger partial charge in [-0.05, 0) is 29.3 Å². The molecule has 0 aliphatic carbocycles. The largest absolute Gasteiger partial charge is 0.417 e. The first kappa shape index (κ1) is 17.3. The zero-order valence-electron chi connectivity index (χ0n) is 14.1. The smallest absolute Gasteiger partial charge is 0.408 e. The van der Waals surface area contributed by atoms with Crippen LogP contribution < -0.4 is 10.5 Å². The topological polar surface area (TPSA) is 92.2 Å². The van der Waals surface area contributed by atoms with E-state index in [-0.39, 0.29) is 4.90 Å². The van der Waals surface area contributed by atoms with Gasteiger partial charge in [0.25, 0.3) is 0 Å². The van der Waals surface area contributed by atoms with Gasteiger partial charge in [0.15, 0.2) is 5.58 Å². The highest BCUT2D eigenvalue weighted by Crippen LogP contribution is 2.25. The van der Waals surface area contributed by atoms with E-state index in [1.54, 1.807) is 0 Å². The third kappa shape index (κ3) is 3.55. The van der Waals surface area contributed by atoms with Crippen molar-refractivity contribution >= 4 is 21.1 Å². The second-order valence-corrected chi connectivity index (χ2v) is 7.76. The number of hydrogen-bond acceptors (Lipinski definition) is 4. The van der Waals surface area contributed by atoms with Crippen LogP contribution in [-0.2, 0) is 10.0 Å². The molecule has 4 aromatic rings. The molecule has 0 atom stereocenters. The molecule has 0 radical (unpaired) electrons. The van der Waals surface area contributed by atoms with Crippen molar-refractivity contribution in [2.24, 2.45) is 0 Å². The first-order valence-electron chi connectivity index (χ1n) is 8.28. The first-order chi connectivity index (χ1) is 13.0. The lowest BCUT2D eigenvalue weighted by Gasteiger charge is -2.20. The number of sulfonamides is 1. The number of oxazole rings is 1. The normalized spacial score (nSPS) is 11.9. The van der Waals surface area contributed by atoms with E-state index in [1.165, 1.54) is 18.2 Å². The molecule has 0 bridgehead atoms. The Balaban J connectivity index is 1.75. The molecule has 0 aliphatic rings. The fourth-order valence-corrected chi connectivity index (χ4v) is 4.18. The molecule has 1 heterocycles. The Hall–Kier alpha value is -3.16. The van der Waals surface area contributed by atoms with Crippen molar-refractivity contribution in [1.29, 1.82) is 0 Å². The second-order valence-electron chi connectivity index (χ2n) is 6.05. The number of hydrogen-bond donors (Lipinski definition) is 2. The van der Waals surface area contributed by atoms with Crippen molar-refractivity contribution in [2.75, 3.05) is 0 Å². The van der Waals surface area contributed by atoms with Gasteiger partial charge in [0, 0.05) is 0 Å². The predicted octanol–water partition coefficient (Wildman–Crippen LogP) is 3.19. The van der Waals surface area contributed by atoms with Gasteiger partial charge in [-0.15, -0.1) is 0 Å². The number of aromatic amines is 1. The summed E-state index contributed by atoms with van der Waals surface area (Å²) in [6.07, 6.45) is 0. The zero-order valence-corrected chi connectivity index (χ0v) is 14.9. The number of H-pyrrole nitrogens is 1. The minimum absolute atomic E-state index is 0.0453. The highest BCUT2D eigenvalue weighted by molar-refractivity contribution is 7.89. The molecular weight excluding hydrogens is 364 g/mol. The van der Waals surface area contributed by atoms with E-state index < -0.39 is 21.8 Å². The fourth-order valence-electron chi connectivity index (χ4n) is 2.94. The quantitative estimate of drug-likeness (QED) is 0.556. The van der Waals surface area contributed by atoms with E-state index in [2.05, 4.69) is 9.71 Å². The molecule has 136 valence electrons. The van der Waals surface area contributed by atoms with Crippen LogP contribution in [0.4, 0.5) is 0 Å². The van der Waals surface area contributed by atoms with Crippen LogP contribution in [0, 0.1) is 0 Å². The number of nitrogens with one attached hydrogen (secondary N) is 2. The third-order valence-electron chi connectivity index (χ3n) is 4.24. The van der Waals surface area contributed by atoms with Crippen molar-refractivity contribution in [2.45, 2.75) is 10.9 Å². The lowest BCUT2D eigenvalue weighted by molar-refractivity contribution is 0.555. The summed E-state index contributed by atoms with van der Waals surface area (Å²) in [6.45, 7) is 0. The number of aromatic nitrogens is 1.